The van der Waals surface area contributed by atoms with Crippen LogP contribution in [0.15, 0.2) is 30.3 Å². The van der Waals surface area contributed by atoms with Crippen LogP contribution in [0.1, 0.15) is 24.8 Å². The van der Waals surface area contributed by atoms with Crippen molar-refractivity contribution in [3.8, 4) is 11.8 Å². The zero-order valence-corrected chi connectivity index (χ0v) is 18.8. The van der Waals surface area contributed by atoms with Crippen LogP contribution in [0.3, 0.4) is 0 Å². The van der Waals surface area contributed by atoms with E-state index in [4.69, 9.17) is 12.2 Å². The molecule has 4 nitrogen and oxygen atoms in total. The van der Waals surface area contributed by atoms with Gasteiger partial charge in [0.1, 0.15) is 5.69 Å². The van der Waals surface area contributed by atoms with E-state index >= 15 is 0 Å². The van der Waals surface area contributed by atoms with Crippen molar-refractivity contribution in [1.29, 1.82) is 0 Å². The van der Waals surface area contributed by atoms with E-state index in [1.165, 1.54) is 0 Å². The van der Waals surface area contributed by atoms with E-state index in [0.29, 0.717) is 39.0 Å². The van der Waals surface area contributed by atoms with Crippen LogP contribution in [-0.2, 0) is 4.79 Å². The Balaban J connectivity index is 1.36. The second-order valence-electron chi connectivity index (χ2n) is 8.45. The summed E-state index contributed by atoms with van der Waals surface area (Å²) in [7, 11) is 0. The highest BCUT2D eigenvalue weighted by Gasteiger charge is 2.42. The van der Waals surface area contributed by atoms with Gasteiger partial charge in [0.05, 0.1) is 0 Å². The van der Waals surface area contributed by atoms with Crippen LogP contribution in [0.2, 0.25) is 0 Å². The zero-order valence-electron chi connectivity index (χ0n) is 17.9. The van der Waals surface area contributed by atoms with Gasteiger partial charge in [0.2, 0.25) is 5.82 Å². The summed E-state index contributed by atoms with van der Waals surface area (Å²) in [5.41, 5.74) is -0.573. The zero-order chi connectivity index (χ0) is 24.5. The number of carbonyl (C=O) groups is 1. The molecule has 1 spiro atoms. The molecule has 2 fully saturated rings. The summed E-state index contributed by atoms with van der Waals surface area (Å²) in [5, 5.41) is 2.07. The molecule has 0 radical (unpaired) electrons. The third kappa shape index (κ3) is 4.71. The molecule has 0 aromatic heterocycles. The van der Waals surface area contributed by atoms with E-state index in [0.717, 1.165) is 12.0 Å². The number of anilines is 1. The molecule has 2 aliphatic rings. The first-order valence-electron chi connectivity index (χ1n) is 10.6. The van der Waals surface area contributed by atoms with E-state index in [2.05, 4.69) is 17.2 Å². The molecule has 0 saturated carbocycles. The first-order chi connectivity index (χ1) is 16.2. The molecule has 1 N–H and O–H groups in total. The van der Waals surface area contributed by atoms with Gasteiger partial charge in [-0.2, -0.15) is 0 Å². The van der Waals surface area contributed by atoms with Gasteiger partial charge in [0.15, 0.2) is 28.4 Å². The second kappa shape index (κ2) is 9.58. The van der Waals surface area contributed by atoms with Gasteiger partial charge < -0.3 is 15.1 Å². The van der Waals surface area contributed by atoms with Crippen molar-refractivity contribution in [2.45, 2.75) is 19.3 Å². The van der Waals surface area contributed by atoms with Crippen molar-refractivity contribution in [2.24, 2.45) is 5.41 Å². The Morgan fingerprint density at radius 3 is 1.97 bits per heavy atom. The fourth-order valence-corrected chi connectivity index (χ4v) is 4.59. The number of piperidine rings is 1. The summed E-state index contributed by atoms with van der Waals surface area (Å²) in [5.74, 6) is -4.95. The average Bonchev–Trinajstić information content (AvgIpc) is 3.27. The number of thiocarbonyl (C=S) groups is 1. The molecular formula is C24H20F5N3OS. The highest BCUT2D eigenvalue weighted by atomic mass is 32.1. The lowest BCUT2D eigenvalue weighted by Crippen LogP contribution is -2.44. The Kier molecular flexibility index (Phi) is 6.75. The summed E-state index contributed by atoms with van der Waals surface area (Å²) in [6, 6.07) is 9.20. The van der Waals surface area contributed by atoms with Crippen molar-refractivity contribution < 1.29 is 26.7 Å². The van der Waals surface area contributed by atoms with Crippen LogP contribution in [-0.4, -0.2) is 47.0 Å². The molecule has 0 unspecified atom stereocenters. The Morgan fingerprint density at radius 2 is 1.38 bits per heavy atom. The number of hydrogen-bond donors (Lipinski definition) is 1. The SMILES string of the molecule is O=C(C#Cc1ccccc1)N1CCC2(CC1)CCN(C(=S)Nc1c(F)c(F)c(F)c(F)c1F)C2. The molecule has 2 aromatic carbocycles. The van der Waals surface area contributed by atoms with Gasteiger partial charge in [-0.1, -0.05) is 24.1 Å². The number of likely N-dealkylation sites (tertiary alicyclic amines) is 2. The first kappa shape index (κ1) is 24.0. The number of benzene rings is 2. The predicted octanol–water partition coefficient (Wildman–Crippen LogP) is 4.45. The monoisotopic (exact) mass is 493 g/mol. The average molecular weight is 494 g/mol. The maximum atomic E-state index is 14.0. The fourth-order valence-electron chi connectivity index (χ4n) is 4.33. The summed E-state index contributed by atoms with van der Waals surface area (Å²) in [6.07, 6.45) is 2.10. The molecule has 0 atom stereocenters. The number of rotatable bonds is 1. The number of nitrogens with one attached hydrogen (secondary N) is 1. The Morgan fingerprint density at radius 1 is 0.853 bits per heavy atom. The minimum atomic E-state index is -2.22. The standard InChI is InChI=1S/C24H20F5N3OS/c25-17-18(26)20(28)22(21(29)19(17)27)30-23(34)32-13-10-24(14-32)8-11-31(12-9-24)16(33)7-6-15-4-2-1-3-5-15/h1-5H,8-14H2,(H,30,34). The molecular weight excluding hydrogens is 473 g/mol. The fraction of sp³-hybridized carbons (Fsp3) is 0.333. The topological polar surface area (TPSA) is 35.6 Å². The molecule has 0 bridgehead atoms. The smallest absolute Gasteiger partial charge is 0.298 e. The number of halogens is 5. The highest BCUT2D eigenvalue weighted by Crippen LogP contribution is 2.40. The molecule has 2 aromatic rings. The number of carbonyl (C=O) groups excluding carboxylic acids is 1. The van der Waals surface area contributed by atoms with E-state index in [1.54, 1.807) is 9.80 Å². The van der Waals surface area contributed by atoms with Crippen LogP contribution >= 0.6 is 12.2 Å². The second-order valence-corrected chi connectivity index (χ2v) is 8.84. The minimum Gasteiger partial charge on any atom is -0.348 e. The predicted molar refractivity (Wildman–Crippen MR) is 120 cm³/mol. The van der Waals surface area contributed by atoms with E-state index < -0.39 is 34.8 Å². The first-order valence-corrected chi connectivity index (χ1v) is 11.0. The minimum absolute atomic E-state index is 0.118. The molecule has 1 amide bonds. The molecule has 34 heavy (non-hydrogen) atoms. The van der Waals surface area contributed by atoms with Gasteiger partial charge in [-0.25, -0.2) is 22.0 Å². The van der Waals surface area contributed by atoms with Crippen molar-refractivity contribution in [1.82, 2.24) is 9.80 Å². The Labute approximate surface area is 198 Å². The Hall–Kier alpha value is -3.19. The van der Waals surface area contributed by atoms with Gasteiger partial charge in [-0.3, -0.25) is 4.79 Å². The van der Waals surface area contributed by atoms with E-state index in [1.807, 2.05) is 30.3 Å². The highest BCUT2D eigenvalue weighted by molar-refractivity contribution is 7.80. The summed E-state index contributed by atoms with van der Waals surface area (Å²) >= 11 is 5.19. The molecule has 178 valence electrons. The third-order valence-corrected chi connectivity index (χ3v) is 6.73. The van der Waals surface area contributed by atoms with Crippen molar-refractivity contribution >= 4 is 28.9 Å². The van der Waals surface area contributed by atoms with Crippen LogP contribution in [0, 0.1) is 46.3 Å². The molecule has 2 aliphatic heterocycles. The number of hydrogen-bond acceptors (Lipinski definition) is 2. The molecule has 10 heteroatoms. The normalized spacial score (nSPS) is 16.9. The lowest BCUT2D eigenvalue weighted by molar-refractivity contribution is -0.127. The van der Waals surface area contributed by atoms with Crippen LogP contribution < -0.4 is 5.32 Å². The summed E-state index contributed by atoms with van der Waals surface area (Å²) in [6.45, 7) is 1.93. The molecule has 0 aliphatic carbocycles. The molecule has 2 heterocycles. The Bertz CT molecular complexity index is 1160. The van der Waals surface area contributed by atoms with Gasteiger partial charge in [0, 0.05) is 37.7 Å². The van der Waals surface area contributed by atoms with Crippen molar-refractivity contribution in [2.75, 3.05) is 31.5 Å². The summed E-state index contributed by atoms with van der Waals surface area (Å²) in [4.78, 5) is 15.8. The van der Waals surface area contributed by atoms with E-state index in [9.17, 15) is 26.7 Å². The summed E-state index contributed by atoms with van der Waals surface area (Å²) < 4.78 is 68.2. The van der Waals surface area contributed by atoms with E-state index in [-0.39, 0.29) is 16.4 Å². The maximum absolute atomic E-state index is 14.0. The van der Waals surface area contributed by atoms with Crippen molar-refractivity contribution in [3.63, 3.8) is 0 Å². The molecule has 4 rings (SSSR count). The lowest BCUT2D eigenvalue weighted by Gasteiger charge is -2.38. The number of nitrogens with zero attached hydrogens (tertiary/aromatic N) is 2. The van der Waals surface area contributed by atoms with Crippen LogP contribution in [0.5, 0.6) is 0 Å². The third-order valence-electron chi connectivity index (χ3n) is 6.37. The quantitative estimate of drug-likeness (QED) is 0.210. The van der Waals surface area contributed by atoms with Gasteiger partial charge in [-0.05, 0) is 49.0 Å². The largest absolute Gasteiger partial charge is 0.348 e. The lowest BCUT2D eigenvalue weighted by atomic mass is 9.78. The van der Waals surface area contributed by atoms with Crippen molar-refractivity contribution in [3.05, 3.63) is 65.0 Å². The van der Waals surface area contributed by atoms with Gasteiger partial charge in [0.25, 0.3) is 5.91 Å². The number of amides is 1. The van der Waals surface area contributed by atoms with Crippen LogP contribution in [0.25, 0.3) is 0 Å². The van der Waals surface area contributed by atoms with Gasteiger partial charge >= 0.3 is 0 Å². The maximum Gasteiger partial charge on any atom is 0.298 e. The van der Waals surface area contributed by atoms with Gasteiger partial charge in [-0.15, -0.1) is 0 Å². The van der Waals surface area contributed by atoms with Crippen LogP contribution in [0.4, 0.5) is 27.6 Å². The molecule has 2 saturated heterocycles.